The number of rotatable bonds is 1. The maximum Gasteiger partial charge on any atom is 0.417 e. The summed E-state index contributed by atoms with van der Waals surface area (Å²) in [6.07, 6.45) is -4.48. The standard InChI is InChI=1S/C15H11ClF3NO/c16-13-5-4-10(6-12(13)15(17,18)19)20-7-9-2-1-3-14(21)11(9)8-20/h1-6,21H,7-8H2. The summed E-state index contributed by atoms with van der Waals surface area (Å²) in [5, 5.41) is 9.48. The van der Waals surface area contributed by atoms with Crippen LogP contribution in [0.2, 0.25) is 5.02 Å². The zero-order valence-electron chi connectivity index (χ0n) is 10.8. The number of phenolic OH excluding ortho intramolecular Hbond substituents is 1. The molecule has 0 aliphatic carbocycles. The topological polar surface area (TPSA) is 23.5 Å². The predicted octanol–water partition coefficient (Wildman–Crippen LogP) is 4.58. The summed E-state index contributed by atoms with van der Waals surface area (Å²) in [6, 6.07) is 9.01. The Bertz CT molecular complexity index is 700. The lowest BCUT2D eigenvalue weighted by molar-refractivity contribution is -0.137. The highest BCUT2D eigenvalue weighted by atomic mass is 35.5. The Morgan fingerprint density at radius 2 is 1.86 bits per heavy atom. The molecule has 0 amide bonds. The molecule has 0 fully saturated rings. The van der Waals surface area contributed by atoms with E-state index >= 15 is 0 Å². The van der Waals surface area contributed by atoms with Crippen molar-refractivity contribution in [2.45, 2.75) is 19.3 Å². The van der Waals surface area contributed by atoms with Crippen molar-refractivity contribution in [3.05, 3.63) is 58.1 Å². The zero-order chi connectivity index (χ0) is 15.2. The van der Waals surface area contributed by atoms with Crippen LogP contribution in [-0.2, 0) is 19.3 Å². The normalized spacial score (nSPS) is 14.4. The van der Waals surface area contributed by atoms with E-state index in [1.54, 1.807) is 23.1 Å². The van der Waals surface area contributed by atoms with Crippen LogP contribution in [0.3, 0.4) is 0 Å². The van der Waals surface area contributed by atoms with Crippen LogP contribution in [0.4, 0.5) is 18.9 Å². The lowest BCUT2D eigenvalue weighted by Crippen LogP contribution is -2.16. The summed E-state index contributed by atoms with van der Waals surface area (Å²) in [7, 11) is 0. The van der Waals surface area contributed by atoms with E-state index in [1.807, 2.05) is 6.07 Å². The van der Waals surface area contributed by atoms with Crippen molar-refractivity contribution < 1.29 is 18.3 Å². The molecule has 1 aliphatic heterocycles. The minimum Gasteiger partial charge on any atom is -0.508 e. The highest BCUT2D eigenvalue weighted by molar-refractivity contribution is 6.31. The van der Waals surface area contributed by atoms with Crippen LogP contribution in [0.5, 0.6) is 5.75 Å². The second-order valence-corrected chi connectivity index (χ2v) is 5.34. The van der Waals surface area contributed by atoms with Gasteiger partial charge in [0.1, 0.15) is 5.75 Å². The molecule has 2 nitrogen and oxygen atoms in total. The molecule has 2 aromatic rings. The van der Waals surface area contributed by atoms with Crippen LogP contribution >= 0.6 is 11.6 Å². The Morgan fingerprint density at radius 1 is 1.10 bits per heavy atom. The average molecular weight is 314 g/mol. The SMILES string of the molecule is Oc1cccc2c1CN(c1ccc(Cl)c(C(F)(F)F)c1)C2. The number of alkyl halides is 3. The van der Waals surface area contributed by atoms with Gasteiger partial charge in [-0.25, -0.2) is 0 Å². The predicted molar refractivity (Wildman–Crippen MR) is 74.4 cm³/mol. The summed E-state index contributed by atoms with van der Waals surface area (Å²) in [5.74, 6) is 0.167. The van der Waals surface area contributed by atoms with E-state index in [-0.39, 0.29) is 10.8 Å². The summed E-state index contributed by atoms with van der Waals surface area (Å²) in [6.45, 7) is 0.837. The molecule has 1 N–H and O–H groups in total. The summed E-state index contributed by atoms with van der Waals surface area (Å²) in [5.41, 5.74) is 1.25. The number of halogens is 4. The van der Waals surface area contributed by atoms with Crippen LogP contribution in [0.1, 0.15) is 16.7 Å². The van der Waals surface area contributed by atoms with E-state index in [2.05, 4.69) is 0 Å². The monoisotopic (exact) mass is 313 g/mol. The fourth-order valence-electron chi connectivity index (χ4n) is 2.51. The summed E-state index contributed by atoms with van der Waals surface area (Å²) in [4.78, 5) is 1.77. The lowest BCUT2D eigenvalue weighted by Gasteiger charge is -2.20. The Labute approximate surface area is 124 Å². The molecule has 0 radical (unpaired) electrons. The largest absolute Gasteiger partial charge is 0.508 e. The minimum atomic E-state index is -4.48. The molecule has 110 valence electrons. The number of aromatic hydroxyl groups is 1. The highest BCUT2D eigenvalue weighted by Crippen LogP contribution is 2.39. The number of hydrogen-bond acceptors (Lipinski definition) is 2. The molecule has 0 unspecified atom stereocenters. The smallest absolute Gasteiger partial charge is 0.417 e. The fourth-order valence-corrected chi connectivity index (χ4v) is 2.74. The average Bonchev–Trinajstić information content (AvgIpc) is 2.83. The van der Waals surface area contributed by atoms with Gasteiger partial charge in [0.05, 0.1) is 10.6 Å². The van der Waals surface area contributed by atoms with Crippen molar-refractivity contribution in [3.63, 3.8) is 0 Å². The Hall–Kier alpha value is -1.88. The van der Waals surface area contributed by atoms with Crippen LogP contribution in [-0.4, -0.2) is 5.11 Å². The Kier molecular flexibility index (Phi) is 3.24. The lowest BCUT2D eigenvalue weighted by atomic mass is 10.1. The van der Waals surface area contributed by atoms with Crippen LogP contribution < -0.4 is 4.90 Å². The van der Waals surface area contributed by atoms with Crippen LogP contribution in [0.25, 0.3) is 0 Å². The van der Waals surface area contributed by atoms with E-state index in [0.29, 0.717) is 18.8 Å². The molecule has 0 atom stereocenters. The van der Waals surface area contributed by atoms with Crippen molar-refractivity contribution >= 4 is 17.3 Å². The van der Waals surface area contributed by atoms with Gasteiger partial charge >= 0.3 is 6.18 Å². The molecule has 0 saturated heterocycles. The van der Waals surface area contributed by atoms with E-state index in [0.717, 1.165) is 17.2 Å². The first-order chi connectivity index (χ1) is 9.86. The first-order valence-electron chi connectivity index (χ1n) is 6.27. The van der Waals surface area contributed by atoms with Gasteiger partial charge < -0.3 is 10.0 Å². The second kappa shape index (κ2) is 4.84. The number of benzene rings is 2. The zero-order valence-corrected chi connectivity index (χ0v) is 11.5. The molecule has 2 aromatic carbocycles. The van der Waals surface area contributed by atoms with Gasteiger partial charge in [0, 0.05) is 24.3 Å². The maximum atomic E-state index is 12.9. The number of phenols is 1. The molecular formula is C15H11ClF3NO. The molecular weight excluding hydrogens is 303 g/mol. The molecule has 0 spiro atoms. The van der Waals surface area contributed by atoms with E-state index in [4.69, 9.17) is 11.6 Å². The van der Waals surface area contributed by atoms with E-state index in [1.165, 1.54) is 6.07 Å². The van der Waals surface area contributed by atoms with Crippen molar-refractivity contribution in [1.29, 1.82) is 0 Å². The van der Waals surface area contributed by atoms with Gasteiger partial charge in [0.15, 0.2) is 0 Å². The van der Waals surface area contributed by atoms with Gasteiger partial charge in [-0.2, -0.15) is 13.2 Å². The van der Waals surface area contributed by atoms with Crippen molar-refractivity contribution in [2.24, 2.45) is 0 Å². The van der Waals surface area contributed by atoms with Crippen molar-refractivity contribution in [2.75, 3.05) is 4.90 Å². The molecule has 6 heteroatoms. The second-order valence-electron chi connectivity index (χ2n) is 4.93. The van der Waals surface area contributed by atoms with Gasteiger partial charge in [-0.05, 0) is 29.8 Å². The third-order valence-electron chi connectivity index (χ3n) is 3.58. The molecule has 0 saturated carbocycles. The molecule has 0 bridgehead atoms. The fraction of sp³-hybridized carbons (Fsp3) is 0.200. The quantitative estimate of drug-likeness (QED) is 0.832. The summed E-state index contributed by atoms with van der Waals surface area (Å²) < 4.78 is 38.7. The molecule has 0 aromatic heterocycles. The summed E-state index contributed by atoms with van der Waals surface area (Å²) >= 11 is 5.62. The van der Waals surface area contributed by atoms with Crippen LogP contribution in [0, 0.1) is 0 Å². The van der Waals surface area contributed by atoms with Gasteiger partial charge in [-0.15, -0.1) is 0 Å². The van der Waals surface area contributed by atoms with E-state index in [9.17, 15) is 18.3 Å². The number of hydrogen-bond donors (Lipinski definition) is 1. The molecule has 1 aliphatic rings. The molecule has 1 heterocycles. The number of nitrogens with zero attached hydrogens (tertiary/aromatic N) is 1. The third kappa shape index (κ3) is 2.53. The maximum absolute atomic E-state index is 12.9. The molecule has 21 heavy (non-hydrogen) atoms. The van der Waals surface area contributed by atoms with E-state index < -0.39 is 11.7 Å². The van der Waals surface area contributed by atoms with Gasteiger partial charge in [-0.3, -0.25) is 0 Å². The van der Waals surface area contributed by atoms with Crippen molar-refractivity contribution in [3.8, 4) is 5.75 Å². The Morgan fingerprint density at radius 3 is 2.52 bits per heavy atom. The minimum absolute atomic E-state index is 0.167. The Balaban J connectivity index is 1.96. The first kappa shape index (κ1) is 14.1. The molecule has 3 rings (SSSR count). The third-order valence-corrected chi connectivity index (χ3v) is 3.91. The number of anilines is 1. The van der Waals surface area contributed by atoms with Gasteiger partial charge in [0.25, 0.3) is 0 Å². The van der Waals surface area contributed by atoms with Gasteiger partial charge in [-0.1, -0.05) is 23.7 Å². The first-order valence-corrected chi connectivity index (χ1v) is 6.65. The van der Waals surface area contributed by atoms with Crippen LogP contribution in [0.15, 0.2) is 36.4 Å². The number of fused-ring (bicyclic) bond motifs is 1. The highest BCUT2D eigenvalue weighted by Gasteiger charge is 2.34. The van der Waals surface area contributed by atoms with Crippen molar-refractivity contribution in [1.82, 2.24) is 0 Å². The van der Waals surface area contributed by atoms with Gasteiger partial charge in [0.2, 0.25) is 0 Å².